The fourth-order valence-corrected chi connectivity index (χ4v) is 2.42. The molecule has 0 radical (unpaired) electrons. The number of aryl methyl sites for hydroxylation is 1. The maximum atomic E-state index is 10.9. The van der Waals surface area contributed by atoms with Crippen LogP contribution >= 0.6 is 23.1 Å². The van der Waals surface area contributed by atoms with E-state index >= 15 is 0 Å². The molecule has 6 nitrogen and oxygen atoms in total. The highest BCUT2D eigenvalue weighted by molar-refractivity contribution is 7.99. The Morgan fingerprint density at radius 3 is 3.06 bits per heavy atom. The summed E-state index contributed by atoms with van der Waals surface area (Å²) in [5, 5.41) is 11.1. The first-order chi connectivity index (χ1) is 8.67. The molecule has 2 heterocycles. The molecule has 0 aliphatic carbocycles. The van der Waals surface area contributed by atoms with E-state index in [0.717, 1.165) is 22.5 Å². The molecular formula is C10H11N3O3S2. The quantitative estimate of drug-likeness (QED) is 0.611. The van der Waals surface area contributed by atoms with Crippen molar-refractivity contribution in [1.29, 1.82) is 0 Å². The van der Waals surface area contributed by atoms with Crippen LogP contribution in [0.1, 0.15) is 16.6 Å². The molecule has 2 aromatic rings. The number of nitrogens with zero attached hydrogens (tertiary/aromatic N) is 3. The Kier molecular flexibility index (Phi) is 4.32. The van der Waals surface area contributed by atoms with Gasteiger partial charge in [-0.25, -0.2) is 4.98 Å². The van der Waals surface area contributed by atoms with Gasteiger partial charge in [0.1, 0.15) is 5.75 Å². The first-order valence-electron chi connectivity index (χ1n) is 5.10. The third-order valence-corrected chi connectivity index (χ3v) is 3.60. The Hall–Kier alpha value is -1.41. The topological polar surface area (TPSA) is 78.1 Å². The summed E-state index contributed by atoms with van der Waals surface area (Å²) in [6.07, 6.45) is 0.510. The van der Waals surface area contributed by atoms with Crippen LogP contribution in [0, 0.1) is 6.92 Å². The average molecular weight is 285 g/mol. The molecule has 2 rings (SSSR count). The largest absolute Gasteiger partial charge is 0.468 e. The SMILES string of the molecule is COC(=O)CSc1nnc(Cc2csc(C)n2)o1. The van der Waals surface area contributed by atoms with Gasteiger partial charge in [0.15, 0.2) is 0 Å². The van der Waals surface area contributed by atoms with Crippen LogP contribution in [0.25, 0.3) is 0 Å². The second kappa shape index (κ2) is 5.96. The van der Waals surface area contributed by atoms with E-state index in [0.29, 0.717) is 17.5 Å². The third kappa shape index (κ3) is 3.54. The first kappa shape index (κ1) is 13.0. The van der Waals surface area contributed by atoms with E-state index in [1.54, 1.807) is 11.3 Å². The summed E-state index contributed by atoms with van der Waals surface area (Å²) in [5.74, 6) is 0.330. The number of thioether (sulfide) groups is 1. The van der Waals surface area contributed by atoms with E-state index in [-0.39, 0.29) is 11.7 Å². The molecule has 0 amide bonds. The van der Waals surface area contributed by atoms with Gasteiger partial charge in [-0.2, -0.15) is 0 Å². The summed E-state index contributed by atoms with van der Waals surface area (Å²) < 4.78 is 9.91. The summed E-state index contributed by atoms with van der Waals surface area (Å²) in [5.41, 5.74) is 0.908. The van der Waals surface area contributed by atoms with E-state index in [4.69, 9.17) is 4.42 Å². The predicted molar refractivity (Wildman–Crippen MR) is 66.7 cm³/mol. The van der Waals surface area contributed by atoms with Gasteiger partial charge in [-0.1, -0.05) is 11.8 Å². The number of esters is 1. The molecule has 96 valence electrons. The molecule has 0 fully saturated rings. The van der Waals surface area contributed by atoms with Gasteiger partial charge < -0.3 is 9.15 Å². The molecular weight excluding hydrogens is 274 g/mol. The van der Waals surface area contributed by atoms with Crippen molar-refractivity contribution in [3.8, 4) is 0 Å². The molecule has 0 aromatic carbocycles. The van der Waals surface area contributed by atoms with Gasteiger partial charge in [-0.05, 0) is 6.92 Å². The number of carbonyl (C=O) groups excluding carboxylic acids is 1. The number of ether oxygens (including phenoxy) is 1. The van der Waals surface area contributed by atoms with Crippen LogP contribution < -0.4 is 0 Å². The average Bonchev–Trinajstić information content (AvgIpc) is 2.96. The molecule has 0 bridgehead atoms. The lowest BCUT2D eigenvalue weighted by Crippen LogP contribution is -2.02. The number of hydrogen-bond donors (Lipinski definition) is 0. The van der Waals surface area contributed by atoms with Crippen LogP contribution in [-0.4, -0.2) is 34.0 Å². The van der Waals surface area contributed by atoms with E-state index in [2.05, 4.69) is 19.9 Å². The van der Waals surface area contributed by atoms with Crippen LogP contribution in [-0.2, 0) is 16.0 Å². The Labute approximate surface area is 112 Å². The molecule has 0 saturated carbocycles. The summed E-state index contributed by atoms with van der Waals surface area (Å²) in [6.45, 7) is 1.94. The minimum Gasteiger partial charge on any atom is -0.468 e. The minimum atomic E-state index is -0.324. The van der Waals surface area contributed by atoms with Gasteiger partial charge in [-0.15, -0.1) is 21.5 Å². The van der Waals surface area contributed by atoms with Crippen molar-refractivity contribution in [2.45, 2.75) is 18.6 Å². The fourth-order valence-electron chi connectivity index (χ4n) is 1.19. The van der Waals surface area contributed by atoms with Crippen molar-refractivity contribution < 1.29 is 13.9 Å². The summed E-state index contributed by atoms with van der Waals surface area (Å²) in [6, 6.07) is 0. The van der Waals surface area contributed by atoms with E-state index in [1.807, 2.05) is 12.3 Å². The summed E-state index contributed by atoms with van der Waals surface area (Å²) >= 11 is 2.74. The maximum absolute atomic E-state index is 10.9. The number of carbonyl (C=O) groups is 1. The highest BCUT2D eigenvalue weighted by Gasteiger charge is 2.11. The zero-order valence-corrected chi connectivity index (χ0v) is 11.5. The number of hydrogen-bond acceptors (Lipinski definition) is 8. The molecule has 8 heteroatoms. The van der Waals surface area contributed by atoms with Crippen LogP contribution in [0.5, 0.6) is 0 Å². The first-order valence-corrected chi connectivity index (χ1v) is 6.97. The molecule has 0 N–H and O–H groups in total. The number of methoxy groups -OCH3 is 1. The molecule has 0 aliphatic rings. The highest BCUT2D eigenvalue weighted by atomic mass is 32.2. The standard InChI is InChI=1S/C10H11N3O3S2/c1-6-11-7(4-17-6)3-8-12-13-10(16-8)18-5-9(14)15-2/h4H,3,5H2,1-2H3. The summed E-state index contributed by atoms with van der Waals surface area (Å²) in [7, 11) is 1.34. The number of rotatable bonds is 5. The van der Waals surface area contributed by atoms with Crippen LogP contribution in [0.3, 0.4) is 0 Å². The van der Waals surface area contributed by atoms with Crippen LogP contribution in [0.2, 0.25) is 0 Å². The molecule has 18 heavy (non-hydrogen) atoms. The van der Waals surface area contributed by atoms with Crippen LogP contribution in [0.15, 0.2) is 15.0 Å². The van der Waals surface area contributed by atoms with Gasteiger partial charge in [0.05, 0.1) is 24.2 Å². The van der Waals surface area contributed by atoms with Crippen molar-refractivity contribution in [2.75, 3.05) is 12.9 Å². The third-order valence-electron chi connectivity index (χ3n) is 1.99. The molecule has 0 atom stereocenters. The Balaban J connectivity index is 1.91. The maximum Gasteiger partial charge on any atom is 0.316 e. The molecule has 0 unspecified atom stereocenters. The lowest BCUT2D eigenvalue weighted by Gasteiger charge is -1.94. The fraction of sp³-hybridized carbons (Fsp3) is 0.400. The van der Waals surface area contributed by atoms with Crippen molar-refractivity contribution in [3.63, 3.8) is 0 Å². The van der Waals surface area contributed by atoms with Crippen molar-refractivity contribution in [2.24, 2.45) is 0 Å². The van der Waals surface area contributed by atoms with Crippen molar-refractivity contribution in [3.05, 3.63) is 22.0 Å². The molecule has 0 saturated heterocycles. The predicted octanol–water partition coefficient (Wildman–Crippen LogP) is 1.69. The molecule has 0 spiro atoms. The Morgan fingerprint density at radius 1 is 1.56 bits per heavy atom. The zero-order valence-electron chi connectivity index (χ0n) is 9.87. The summed E-state index contributed by atoms with van der Waals surface area (Å²) in [4.78, 5) is 15.3. The van der Waals surface area contributed by atoms with Gasteiger partial charge in [0, 0.05) is 5.38 Å². The van der Waals surface area contributed by atoms with E-state index < -0.39 is 0 Å². The highest BCUT2D eigenvalue weighted by Crippen LogP contribution is 2.18. The molecule has 0 aliphatic heterocycles. The normalized spacial score (nSPS) is 10.6. The van der Waals surface area contributed by atoms with Gasteiger partial charge >= 0.3 is 5.97 Å². The van der Waals surface area contributed by atoms with Gasteiger partial charge in [-0.3, -0.25) is 4.79 Å². The lowest BCUT2D eigenvalue weighted by atomic mass is 10.3. The Morgan fingerprint density at radius 2 is 2.39 bits per heavy atom. The van der Waals surface area contributed by atoms with Crippen LogP contribution in [0.4, 0.5) is 0 Å². The Bertz CT molecular complexity index is 538. The van der Waals surface area contributed by atoms with Gasteiger partial charge in [0.25, 0.3) is 5.22 Å². The lowest BCUT2D eigenvalue weighted by molar-refractivity contribution is -0.137. The van der Waals surface area contributed by atoms with E-state index in [1.165, 1.54) is 7.11 Å². The second-order valence-electron chi connectivity index (χ2n) is 3.36. The molecule has 2 aromatic heterocycles. The second-order valence-corrected chi connectivity index (χ2v) is 5.35. The minimum absolute atomic E-state index is 0.161. The van der Waals surface area contributed by atoms with Crippen molar-refractivity contribution >= 4 is 29.1 Å². The number of thiazole rings is 1. The monoisotopic (exact) mass is 285 g/mol. The van der Waals surface area contributed by atoms with E-state index in [9.17, 15) is 4.79 Å². The zero-order chi connectivity index (χ0) is 13.0. The van der Waals surface area contributed by atoms with Crippen molar-refractivity contribution in [1.82, 2.24) is 15.2 Å². The van der Waals surface area contributed by atoms with Gasteiger partial charge in [0.2, 0.25) is 5.89 Å². The smallest absolute Gasteiger partial charge is 0.316 e. The number of aromatic nitrogens is 3.